The number of rotatable bonds is 4. The molecule has 0 aliphatic carbocycles. The summed E-state index contributed by atoms with van der Waals surface area (Å²) < 4.78 is 5.23. The second kappa shape index (κ2) is 7.53. The highest BCUT2D eigenvalue weighted by Crippen LogP contribution is 2.26. The molecule has 0 aliphatic rings. The summed E-state index contributed by atoms with van der Waals surface area (Å²) in [7, 11) is 1.63. The van der Waals surface area contributed by atoms with E-state index in [1.807, 2.05) is 26.0 Å². The van der Waals surface area contributed by atoms with Crippen LogP contribution in [-0.4, -0.2) is 13.0 Å². The molecule has 23 heavy (non-hydrogen) atoms. The van der Waals surface area contributed by atoms with Crippen molar-refractivity contribution in [3.8, 4) is 5.75 Å². The third-order valence-corrected chi connectivity index (χ3v) is 3.96. The van der Waals surface area contributed by atoms with Gasteiger partial charge in [-0.1, -0.05) is 23.2 Å². The number of halogens is 2. The minimum atomic E-state index is -0.274. The number of benzene rings is 2. The fourth-order valence-electron chi connectivity index (χ4n) is 2.24. The van der Waals surface area contributed by atoms with Crippen molar-refractivity contribution in [2.75, 3.05) is 12.4 Å². The molecule has 120 valence electrons. The summed E-state index contributed by atoms with van der Waals surface area (Å²) in [6.07, 6.45) is 3.25. The smallest absolute Gasteiger partial charge is 0.248 e. The van der Waals surface area contributed by atoms with E-state index < -0.39 is 0 Å². The highest BCUT2D eigenvalue weighted by Gasteiger charge is 2.06. The molecule has 2 aromatic carbocycles. The van der Waals surface area contributed by atoms with Crippen molar-refractivity contribution < 1.29 is 9.53 Å². The van der Waals surface area contributed by atoms with Crippen molar-refractivity contribution in [3.63, 3.8) is 0 Å². The van der Waals surface area contributed by atoms with Crippen LogP contribution in [0.3, 0.4) is 0 Å². The SMILES string of the molecule is COc1cc(C)c(/C=C/C(=O)Nc2cc(Cl)ccc2Cl)c(C)c1. The maximum absolute atomic E-state index is 12.1. The molecule has 0 aliphatic heterocycles. The summed E-state index contributed by atoms with van der Waals surface area (Å²) in [5.41, 5.74) is 3.54. The second-order valence-electron chi connectivity index (χ2n) is 5.12. The maximum Gasteiger partial charge on any atom is 0.248 e. The predicted molar refractivity (Wildman–Crippen MR) is 96.6 cm³/mol. The van der Waals surface area contributed by atoms with Crippen molar-refractivity contribution in [1.29, 1.82) is 0 Å². The van der Waals surface area contributed by atoms with E-state index in [0.717, 1.165) is 22.4 Å². The average Bonchev–Trinajstić information content (AvgIpc) is 2.49. The van der Waals surface area contributed by atoms with Crippen LogP contribution < -0.4 is 10.1 Å². The van der Waals surface area contributed by atoms with Gasteiger partial charge >= 0.3 is 0 Å². The Kier molecular flexibility index (Phi) is 5.69. The molecule has 0 unspecified atom stereocenters. The summed E-state index contributed by atoms with van der Waals surface area (Å²) >= 11 is 11.9. The molecule has 0 spiro atoms. The summed E-state index contributed by atoms with van der Waals surface area (Å²) in [5, 5.41) is 3.66. The first-order valence-corrected chi connectivity index (χ1v) is 7.75. The summed E-state index contributed by atoms with van der Waals surface area (Å²) in [5.74, 6) is 0.524. The quantitative estimate of drug-likeness (QED) is 0.763. The number of ether oxygens (including phenoxy) is 1. The Morgan fingerprint density at radius 1 is 1.13 bits per heavy atom. The second-order valence-corrected chi connectivity index (χ2v) is 5.97. The molecule has 0 radical (unpaired) electrons. The van der Waals surface area contributed by atoms with Gasteiger partial charge in [0.15, 0.2) is 0 Å². The minimum Gasteiger partial charge on any atom is -0.497 e. The van der Waals surface area contributed by atoms with Crippen molar-refractivity contribution in [2.24, 2.45) is 0 Å². The first kappa shape index (κ1) is 17.4. The summed E-state index contributed by atoms with van der Waals surface area (Å²) in [6, 6.07) is 8.77. The number of anilines is 1. The first-order chi connectivity index (χ1) is 10.9. The van der Waals surface area contributed by atoms with Gasteiger partial charge in [0, 0.05) is 11.1 Å². The lowest BCUT2D eigenvalue weighted by Gasteiger charge is -2.09. The molecule has 2 aromatic rings. The monoisotopic (exact) mass is 349 g/mol. The molecule has 1 N–H and O–H groups in total. The van der Waals surface area contributed by atoms with Crippen LogP contribution in [0.4, 0.5) is 5.69 Å². The Balaban J connectivity index is 2.17. The third kappa shape index (κ3) is 4.50. The Morgan fingerprint density at radius 3 is 2.39 bits per heavy atom. The Labute approximate surface area is 145 Å². The summed E-state index contributed by atoms with van der Waals surface area (Å²) in [6.45, 7) is 3.95. The van der Waals surface area contributed by atoms with E-state index in [2.05, 4.69) is 5.32 Å². The van der Waals surface area contributed by atoms with Gasteiger partial charge in [0.2, 0.25) is 5.91 Å². The van der Waals surface area contributed by atoms with Gasteiger partial charge in [0.05, 0.1) is 17.8 Å². The lowest BCUT2D eigenvalue weighted by Crippen LogP contribution is -2.08. The van der Waals surface area contributed by atoms with Crippen LogP contribution in [0.25, 0.3) is 6.08 Å². The van der Waals surface area contributed by atoms with Gasteiger partial charge in [0.1, 0.15) is 5.75 Å². The van der Waals surface area contributed by atoms with Gasteiger partial charge in [-0.2, -0.15) is 0 Å². The lowest BCUT2D eigenvalue weighted by atomic mass is 10.0. The fraction of sp³-hybridized carbons (Fsp3) is 0.167. The van der Waals surface area contributed by atoms with Crippen LogP contribution in [0.2, 0.25) is 10.0 Å². The van der Waals surface area contributed by atoms with Crippen LogP contribution in [0.5, 0.6) is 5.75 Å². The molecule has 0 saturated heterocycles. The highest BCUT2D eigenvalue weighted by molar-refractivity contribution is 6.35. The minimum absolute atomic E-state index is 0.274. The molecule has 5 heteroatoms. The topological polar surface area (TPSA) is 38.3 Å². The Hall–Kier alpha value is -1.97. The first-order valence-electron chi connectivity index (χ1n) is 7.00. The number of aryl methyl sites for hydroxylation is 2. The molecule has 0 saturated carbocycles. The van der Waals surface area contributed by atoms with Gasteiger partial charge in [0.25, 0.3) is 0 Å². The van der Waals surface area contributed by atoms with Crippen LogP contribution in [0, 0.1) is 13.8 Å². The number of carbonyl (C=O) groups is 1. The van der Waals surface area contributed by atoms with Gasteiger partial charge in [-0.05, 0) is 66.9 Å². The van der Waals surface area contributed by atoms with Crippen molar-refractivity contribution in [2.45, 2.75) is 13.8 Å². The Bertz CT molecular complexity index is 747. The van der Waals surface area contributed by atoms with Gasteiger partial charge in [-0.25, -0.2) is 0 Å². The van der Waals surface area contributed by atoms with Gasteiger partial charge in [-0.3, -0.25) is 4.79 Å². The molecule has 0 fully saturated rings. The van der Waals surface area contributed by atoms with Gasteiger partial charge < -0.3 is 10.1 Å². The predicted octanol–water partition coefficient (Wildman–Crippen LogP) is 5.27. The molecule has 0 atom stereocenters. The standard InChI is InChI=1S/C18H17Cl2NO2/c1-11-8-14(23-3)9-12(2)15(11)5-7-18(22)21-17-10-13(19)4-6-16(17)20/h4-10H,1-3H3,(H,21,22)/b7-5+. The molecule has 3 nitrogen and oxygen atoms in total. The maximum atomic E-state index is 12.1. The number of nitrogens with one attached hydrogen (secondary N) is 1. The van der Waals surface area contributed by atoms with E-state index in [-0.39, 0.29) is 5.91 Å². The van der Waals surface area contributed by atoms with E-state index in [4.69, 9.17) is 27.9 Å². The number of carbonyl (C=O) groups excluding carboxylic acids is 1. The third-order valence-electron chi connectivity index (χ3n) is 3.39. The Morgan fingerprint density at radius 2 is 1.78 bits per heavy atom. The van der Waals surface area contributed by atoms with Crippen LogP contribution >= 0.6 is 23.2 Å². The summed E-state index contributed by atoms with van der Waals surface area (Å²) in [4.78, 5) is 12.1. The number of amides is 1. The fourth-order valence-corrected chi connectivity index (χ4v) is 2.58. The number of methoxy groups -OCH3 is 1. The van der Waals surface area contributed by atoms with Crippen molar-refractivity contribution >= 4 is 40.9 Å². The largest absolute Gasteiger partial charge is 0.497 e. The molecule has 1 amide bonds. The number of hydrogen-bond donors (Lipinski definition) is 1. The lowest BCUT2D eigenvalue weighted by molar-refractivity contribution is -0.111. The zero-order valence-electron chi connectivity index (χ0n) is 13.1. The van der Waals surface area contributed by atoms with E-state index in [0.29, 0.717) is 15.7 Å². The molecule has 0 heterocycles. The molecule has 2 rings (SSSR count). The average molecular weight is 350 g/mol. The van der Waals surface area contributed by atoms with Crippen LogP contribution in [0.15, 0.2) is 36.4 Å². The molecular formula is C18H17Cl2NO2. The zero-order chi connectivity index (χ0) is 17.0. The molecule has 0 aromatic heterocycles. The van der Waals surface area contributed by atoms with Crippen molar-refractivity contribution in [3.05, 3.63) is 63.1 Å². The number of hydrogen-bond acceptors (Lipinski definition) is 2. The van der Waals surface area contributed by atoms with E-state index >= 15 is 0 Å². The van der Waals surface area contributed by atoms with E-state index in [1.165, 1.54) is 6.08 Å². The van der Waals surface area contributed by atoms with Gasteiger partial charge in [-0.15, -0.1) is 0 Å². The molecule has 0 bridgehead atoms. The zero-order valence-corrected chi connectivity index (χ0v) is 14.6. The normalized spacial score (nSPS) is 10.8. The van der Waals surface area contributed by atoms with Crippen molar-refractivity contribution in [1.82, 2.24) is 0 Å². The van der Waals surface area contributed by atoms with E-state index in [9.17, 15) is 4.79 Å². The van der Waals surface area contributed by atoms with Crippen LogP contribution in [-0.2, 0) is 4.79 Å². The van der Waals surface area contributed by atoms with E-state index in [1.54, 1.807) is 31.4 Å². The molecular weight excluding hydrogens is 333 g/mol. The van der Waals surface area contributed by atoms with Crippen LogP contribution in [0.1, 0.15) is 16.7 Å². The highest BCUT2D eigenvalue weighted by atomic mass is 35.5.